The Morgan fingerprint density at radius 3 is 2.50 bits per heavy atom. The minimum absolute atomic E-state index is 0.337. The van der Waals surface area contributed by atoms with E-state index in [-0.39, 0.29) is 0 Å². The Labute approximate surface area is 166 Å². The maximum absolute atomic E-state index is 10.3. The molecule has 1 fully saturated rings. The maximum atomic E-state index is 10.3. The Morgan fingerprint density at radius 1 is 0.964 bits per heavy atom. The molecular weight excluding hydrogens is 348 g/mol. The summed E-state index contributed by atoms with van der Waals surface area (Å²) in [6.07, 6.45) is 5.10. The fourth-order valence-electron chi connectivity index (χ4n) is 3.87. The third-order valence-electron chi connectivity index (χ3n) is 5.40. The monoisotopic (exact) mass is 374 g/mol. The summed E-state index contributed by atoms with van der Waals surface area (Å²) in [6.45, 7) is 9.00. The lowest BCUT2D eigenvalue weighted by Crippen LogP contribution is -2.46. The highest BCUT2D eigenvalue weighted by Gasteiger charge is 2.19. The molecule has 1 aromatic heterocycles. The zero-order chi connectivity index (χ0) is 19.5. The molecule has 144 valence electrons. The van der Waals surface area contributed by atoms with Crippen molar-refractivity contribution in [3.8, 4) is 17.0 Å². The largest absolute Gasteiger partial charge is 0.508 e. The minimum Gasteiger partial charge on any atom is -0.508 e. The molecule has 1 N–H and O–H groups in total. The molecule has 3 aromatic rings. The fourth-order valence-corrected chi connectivity index (χ4v) is 3.87. The molecule has 2 aromatic carbocycles. The molecule has 0 aliphatic carbocycles. The van der Waals surface area contributed by atoms with E-state index in [1.54, 1.807) is 24.7 Å². The van der Waals surface area contributed by atoms with Crippen LogP contribution in [0.1, 0.15) is 16.7 Å². The lowest BCUT2D eigenvalue weighted by molar-refractivity contribution is 0.246. The summed E-state index contributed by atoms with van der Waals surface area (Å²) in [5, 5.41) is 10.3. The quantitative estimate of drug-likeness (QED) is 0.753. The van der Waals surface area contributed by atoms with Crippen LogP contribution in [-0.4, -0.2) is 46.2 Å². The van der Waals surface area contributed by atoms with Gasteiger partial charge in [-0.3, -0.25) is 14.9 Å². The average Bonchev–Trinajstić information content (AvgIpc) is 2.71. The standard InChI is InChI=1S/C23H26N4O/c1-17-3-5-22(18(2)13-17)27-11-9-26(10-12-27)16-20-14-19(4-6-23(20)28)21-15-24-7-8-25-21/h3-8,13-15,28H,9-12,16H2,1-2H3. The van der Waals surface area contributed by atoms with Gasteiger partial charge in [0.05, 0.1) is 11.9 Å². The van der Waals surface area contributed by atoms with Gasteiger partial charge in [-0.05, 0) is 43.7 Å². The van der Waals surface area contributed by atoms with Crippen molar-refractivity contribution in [2.75, 3.05) is 31.1 Å². The summed E-state index contributed by atoms with van der Waals surface area (Å²) < 4.78 is 0. The molecule has 0 atom stereocenters. The van der Waals surface area contributed by atoms with Gasteiger partial charge in [0.25, 0.3) is 0 Å². The molecule has 0 radical (unpaired) electrons. The first kappa shape index (κ1) is 18.4. The molecule has 0 amide bonds. The van der Waals surface area contributed by atoms with Gasteiger partial charge < -0.3 is 10.0 Å². The lowest BCUT2D eigenvalue weighted by Gasteiger charge is -2.37. The molecule has 0 spiro atoms. The summed E-state index contributed by atoms with van der Waals surface area (Å²) in [5.41, 5.74) is 6.71. The van der Waals surface area contributed by atoms with Crippen molar-refractivity contribution in [3.63, 3.8) is 0 Å². The second-order valence-electron chi connectivity index (χ2n) is 7.49. The predicted molar refractivity (Wildman–Crippen MR) is 113 cm³/mol. The molecule has 5 heteroatoms. The zero-order valence-corrected chi connectivity index (χ0v) is 16.5. The highest BCUT2D eigenvalue weighted by Crippen LogP contribution is 2.27. The van der Waals surface area contributed by atoms with E-state index in [2.05, 4.69) is 51.8 Å². The van der Waals surface area contributed by atoms with Crippen LogP contribution in [0.15, 0.2) is 55.0 Å². The second kappa shape index (κ2) is 7.98. The van der Waals surface area contributed by atoms with Gasteiger partial charge in [0.15, 0.2) is 0 Å². The summed E-state index contributed by atoms with van der Waals surface area (Å²) in [4.78, 5) is 13.4. The third-order valence-corrected chi connectivity index (χ3v) is 5.40. The number of nitrogens with zero attached hydrogens (tertiary/aromatic N) is 4. The van der Waals surface area contributed by atoms with Crippen LogP contribution in [0, 0.1) is 13.8 Å². The maximum Gasteiger partial charge on any atom is 0.120 e. The molecule has 4 rings (SSSR count). The van der Waals surface area contributed by atoms with Gasteiger partial charge in [-0.2, -0.15) is 0 Å². The van der Waals surface area contributed by atoms with Crippen molar-refractivity contribution in [3.05, 3.63) is 71.7 Å². The third kappa shape index (κ3) is 3.99. The predicted octanol–water partition coefficient (Wildman–Crippen LogP) is 3.79. The summed E-state index contributed by atoms with van der Waals surface area (Å²) in [5.74, 6) is 0.337. The molecule has 1 aliphatic heterocycles. The summed E-state index contributed by atoms with van der Waals surface area (Å²) in [7, 11) is 0. The Hall–Kier alpha value is -2.92. The molecule has 28 heavy (non-hydrogen) atoms. The number of anilines is 1. The van der Waals surface area contributed by atoms with Crippen LogP contribution in [0.3, 0.4) is 0 Å². The number of hydrogen-bond acceptors (Lipinski definition) is 5. The number of phenols is 1. The van der Waals surface area contributed by atoms with Crippen molar-refractivity contribution in [2.24, 2.45) is 0 Å². The average molecular weight is 374 g/mol. The van der Waals surface area contributed by atoms with Gasteiger partial charge in [0.2, 0.25) is 0 Å². The highest BCUT2D eigenvalue weighted by molar-refractivity contribution is 5.61. The van der Waals surface area contributed by atoms with Gasteiger partial charge in [0, 0.05) is 61.9 Å². The number of aromatic nitrogens is 2. The number of rotatable bonds is 4. The van der Waals surface area contributed by atoms with Gasteiger partial charge in [-0.25, -0.2) is 0 Å². The SMILES string of the molecule is Cc1ccc(N2CCN(Cc3cc(-c4cnccn4)ccc3O)CC2)c(C)c1. The van der Waals surface area contributed by atoms with E-state index in [9.17, 15) is 5.11 Å². The van der Waals surface area contributed by atoms with Crippen LogP contribution in [0.5, 0.6) is 5.75 Å². The van der Waals surface area contributed by atoms with E-state index >= 15 is 0 Å². The van der Waals surface area contributed by atoms with E-state index in [1.807, 2.05) is 12.1 Å². The number of piperazine rings is 1. The Balaban J connectivity index is 1.43. The number of phenolic OH excluding ortho intramolecular Hbond substituents is 1. The Bertz CT molecular complexity index is 950. The Kier molecular flexibility index (Phi) is 5.26. The van der Waals surface area contributed by atoms with Gasteiger partial charge >= 0.3 is 0 Å². The van der Waals surface area contributed by atoms with E-state index in [0.717, 1.165) is 49.5 Å². The molecule has 1 aliphatic rings. The summed E-state index contributed by atoms with van der Waals surface area (Å²) >= 11 is 0. The Morgan fingerprint density at radius 2 is 1.79 bits per heavy atom. The van der Waals surface area contributed by atoms with Crippen LogP contribution >= 0.6 is 0 Å². The molecule has 0 bridgehead atoms. The fraction of sp³-hybridized carbons (Fsp3) is 0.304. The van der Waals surface area contributed by atoms with Gasteiger partial charge in [-0.1, -0.05) is 17.7 Å². The molecule has 5 nitrogen and oxygen atoms in total. The first-order chi connectivity index (χ1) is 13.6. The molecule has 0 unspecified atom stereocenters. The van der Waals surface area contributed by atoms with E-state index < -0.39 is 0 Å². The second-order valence-corrected chi connectivity index (χ2v) is 7.49. The summed E-state index contributed by atoms with van der Waals surface area (Å²) in [6, 6.07) is 12.3. The normalized spacial score (nSPS) is 15.0. The van der Waals surface area contributed by atoms with Crippen molar-refractivity contribution in [1.82, 2.24) is 14.9 Å². The number of hydrogen-bond donors (Lipinski definition) is 1. The minimum atomic E-state index is 0.337. The molecule has 0 saturated carbocycles. The first-order valence-electron chi connectivity index (χ1n) is 9.73. The molecule has 1 saturated heterocycles. The van der Waals surface area contributed by atoms with Crippen LogP contribution in [0.2, 0.25) is 0 Å². The van der Waals surface area contributed by atoms with E-state index in [4.69, 9.17) is 0 Å². The van der Waals surface area contributed by atoms with Crippen LogP contribution < -0.4 is 4.90 Å². The van der Waals surface area contributed by atoms with Crippen molar-refractivity contribution in [1.29, 1.82) is 0 Å². The van der Waals surface area contributed by atoms with Crippen molar-refractivity contribution in [2.45, 2.75) is 20.4 Å². The van der Waals surface area contributed by atoms with Crippen molar-refractivity contribution < 1.29 is 5.11 Å². The van der Waals surface area contributed by atoms with E-state index in [0.29, 0.717) is 5.75 Å². The zero-order valence-electron chi connectivity index (χ0n) is 16.5. The molecule has 2 heterocycles. The van der Waals surface area contributed by atoms with Crippen molar-refractivity contribution >= 4 is 5.69 Å². The van der Waals surface area contributed by atoms with Gasteiger partial charge in [0.1, 0.15) is 5.75 Å². The topological polar surface area (TPSA) is 52.5 Å². The smallest absolute Gasteiger partial charge is 0.120 e. The number of benzene rings is 2. The van der Waals surface area contributed by atoms with Gasteiger partial charge in [-0.15, -0.1) is 0 Å². The highest BCUT2D eigenvalue weighted by atomic mass is 16.3. The number of aromatic hydroxyl groups is 1. The van der Waals surface area contributed by atoms with Crippen LogP contribution in [-0.2, 0) is 6.54 Å². The van der Waals surface area contributed by atoms with Crippen LogP contribution in [0.25, 0.3) is 11.3 Å². The number of aryl methyl sites for hydroxylation is 2. The lowest BCUT2D eigenvalue weighted by atomic mass is 10.1. The van der Waals surface area contributed by atoms with Crippen LogP contribution in [0.4, 0.5) is 5.69 Å². The first-order valence-corrected chi connectivity index (χ1v) is 9.73. The van der Waals surface area contributed by atoms with E-state index in [1.165, 1.54) is 16.8 Å². The molecular formula is C23H26N4O.